The molecule has 0 bridgehead atoms. The predicted octanol–water partition coefficient (Wildman–Crippen LogP) is 2.04. The summed E-state index contributed by atoms with van der Waals surface area (Å²) in [5.74, 6) is 0.650. The van der Waals surface area contributed by atoms with Gasteiger partial charge in [0, 0.05) is 32.4 Å². The fraction of sp³-hybridized carbons (Fsp3) is 0.435. The number of nitrogens with zero attached hydrogens (tertiary/aromatic N) is 6. The van der Waals surface area contributed by atoms with Crippen molar-refractivity contribution in [3.63, 3.8) is 0 Å². The number of halogens is 1. The van der Waals surface area contributed by atoms with Gasteiger partial charge in [-0.05, 0) is 30.9 Å². The number of amides is 2. The molecule has 6 rings (SSSR count). The molecule has 170 valence electrons. The van der Waals surface area contributed by atoms with E-state index in [1.165, 1.54) is 11.2 Å². The molecule has 3 aliphatic rings. The highest BCUT2D eigenvalue weighted by Crippen LogP contribution is 2.45. The molecule has 0 saturated carbocycles. The van der Waals surface area contributed by atoms with Gasteiger partial charge in [-0.15, -0.1) is 0 Å². The molecule has 5 heterocycles. The number of alkyl halides is 1. The van der Waals surface area contributed by atoms with Crippen molar-refractivity contribution in [2.75, 3.05) is 36.4 Å². The van der Waals surface area contributed by atoms with Gasteiger partial charge < -0.3 is 19.7 Å². The minimum absolute atomic E-state index is 0.0543. The van der Waals surface area contributed by atoms with Gasteiger partial charge in [-0.25, -0.2) is 19.3 Å². The minimum Gasteiger partial charge on any atom is -0.355 e. The second-order valence-electron chi connectivity index (χ2n) is 9.07. The average Bonchev–Trinajstić information content (AvgIpc) is 3.49. The summed E-state index contributed by atoms with van der Waals surface area (Å²) in [7, 11) is 1.74. The number of hydrogen-bond donors (Lipinski definition) is 1. The van der Waals surface area contributed by atoms with E-state index in [9.17, 15) is 14.0 Å². The van der Waals surface area contributed by atoms with Gasteiger partial charge in [0.2, 0.25) is 11.7 Å². The molecule has 9 nitrogen and oxygen atoms in total. The van der Waals surface area contributed by atoms with Gasteiger partial charge in [-0.1, -0.05) is 18.2 Å². The van der Waals surface area contributed by atoms with Crippen molar-refractivity contribution in [1.29, 1.82) is 0 Å². The van der Waals surface area contributed by atoms with Gasteiger partial charge in [0.1, 0.15) is 12.5 Å². The molecule has 1 N–H and O–H groups in total. The second kappa shape index (κ2) is 7.23. The lowest BCUT2D eigenvalue weighted by molar-refractivity contribution is -0.121. The molecule has 2 aromatic heterocycles. The third kappa shape index (κ3) is 2.93. The SMILES string of the molecule is Cn1c(C(=O)N2CC[C@@H](F)C2)nc2c(N3CCC4(CC3)C(=O)Nc3ccccc34)ncnc21. The number of anilines is 2. The summed E-state index contributed by atoms with van der Waals surface area (Å²) in [6.45, 7) is 1.74. The van der Waals surface area contributed by atoms with Crippen LogP contribution in [0.3, 0.4) is 0 Å². The number of hydrogen-bond acceptors (Lipinski definition) is 6. The number of benzene rings is 1. The molecule has 0 radical (unpaired) electrons. The number of nitrogens with one attached hydrogen (secondary N) is 1. The standard InChI is InChI=1S/C23H24FN7O2/c1-29-18-17(28-20(29)21(32)31-9-6-14(24)12-31)19(26-13-25-18)30-10-7-23(8-11-30)15-4-2-3-5-16(15)27-22(23)33/h2-5,13-14H,6-12H2,1H3,(H,27,33)/t14-/m1/s1. The highest BCUT2D eigenvalue weighted by molar-refractivity contribution is 6.06. The third-order valence-electron chi connectivity index (χ3n) is 7.29. The molecule has 2 fully saturated rings. The summed E-state index contributed by atoms with van der Waals surface area (Å²) in [6, 6.07) is 7.88. The van der Waals surface area contributed by atoms with Crippen LogP contribution in [0.15, 0.2) is 30.6 Å². The van der Waals surface area contributed by atoms with Gasteiger partial charge in [0.05, 0.1) is 12.0 Å². The smallest absolute Gasteiger partial charge is 0.290 e. The average molecular weight is 449 g/mol. The van der Waals surface area contributed by atoms with Crippen molar-refractivity contribution in [2.24, 2.45) is 7.05 Å². The van der Waals surface area contributed by atoms with Crippen LogP contribution >= 0.6 is 0 Å². The maximum absolute atomic E-state index is 13.6. The van der Waals surface area contributed by atoms with E-state index >= 15 is 0 Å². The molecule has 33 heavy (non-hydrogen) atoms. The van der Waals surface area contributed by atoms with E-state index in [1.54, 1.807) is 11.6 Å². The zero-order valence-corrected chi connectivity index (χ0v) is 18.3. The number of imidazole rings is 1. The molecular formula is C23H24FN7O2. The molecule has 1 aromatic carbocycles. The molecule has 10 heteroatoms. The zero-order chi connectivity index (χ0) is 22.7. The van der Waals surface area contributed by atoms with Crippen molar-refractivity contribution in [3.05, 3.63) is 42.0 Å². The summed E-state index contributed by atoms with van der Waals surface area (Å²) in [6.07, 6.45) is 2.16. The number of para-hydroxylation sites is 1. The maximum Gasteiger partial charge on any atom is 0.290 e. The summed E-state index contributed by atoms with van der Waals surface area (Å²) >= 11 is 0. The first-order chi connectivity index (χ1) is 16.0. The second-order valence-corrected chi connectivity index (χ2v) is 9.07. The molecule has 3 aromatic rings. The number of carbonyl (C=O) groups excluding carboxylic acids is 2. The Hall–Kier alpha value is -3.56. The fourth-order valence-corrected chi connectivity index (χ4v) is 5.42. The summed E-state index contributed by atoms with van der Waals surface area (Å²) < 4.78 is 15.3. The molecule has 3 aliphatic heterocycles. The van der Waals surface area contributed by atoms with Crippen molar-refractivity contribution in [3.8, 4) is 0 Å². The molecule has 1 atom stereocenters. The largest absolute Gasteiger partial charge is 0.355 e. The molecule has 2 amide bonds. The lowest BCUT2D eigenvalue weighted by Gasteiger charge is -2.38. The van der Waals surface area contributed by atoms with Crippen molar-refractivity contribution >= 4 is 34.5 Å². The highest BCUT2D eigenvalue weighted by Gasteiger charge is 2.48. The fourth-order valence-electron chi connectivity index (χ4n) is 5.42. The van der Waals surface area contributed by atoms with E-state index < -0.39 is 11.6 Å². The van der Waals surface area contributed by atoms with Crippen LogP contribution in [0.2, 0.25) is 0 Å². The Morgan fingerprint density at radius 2 is 1.97 bits per heavy atom. The topological polar surface area (TPSA) is 96.2 Å². The first kappa shape index (κ1) is 20.1. The number of aryl methyl sites for hydroxylation is 1. The summed E-state index contributed by atoms with van der Waals surface area (Å²) in [5, 5.41) is 3.03. The number of aromatic nitrogens is 4. The minimum atomic E-state index is -0.988. The summed E-state index contributed by atoms with van der Waals surface area (Å²) in [4.78, 5) is 42.9. The normalized spacial score (nSPS) is 21.6. The quantitative estimate of drug-likeness (QED) is 0.643. The van der Waals surface area contributed by atoms with Gasteiger partial charge in [0.15, 0.2) is 17.0 Å². The van der Waals surface area contributed by atoms with Crippen LogP contribution in [0.5, 0.6) is 0 Å². The first-order valence-electron chi connectivity index (χ1n) is 11.2. The predicted molar refractivity (Wildman–Crippen MR) is 120 cm³/mol. The van der Waals surface area contributed by atoms with Crippen molar-refractivity contribution < 1.29 is 14.0 Å². The Balaban J connectivity index is 1.30. The van der Waals surface area contributed by atoms with Gasteiger partial charge in [0.25, 0.3) is 5.91 Å². The lowest BCUT2D eigenvalue weighted by Crippen LogP contribution is -2.46. The van der Waals surface area contributed by atoms with Crippen LogP contribution in [0, 0.1) is 0 Å². The van der Waals surface area contributed by atoms with Gasteiger partial charge in [-0.3, -0.25) is 9.59 Å². The van der Waals surface area contributed by atoms with Crippen LogP contribution in [0.1, 0.15) is 35.4 Å². The van der Waals surface area contributed by atoms with E-state index in [-0.39, 0.29) is 24.2 Å². The molecule has 1 spiro atoms. The van der Waals surface area contributed by atoms with Crippen LogP contribution in [-0.4, -0.2) is 68.6 Å². The Morgan fingerprint density at radius 3 is 2.73 bits per heavy atom. The molecular weight excluding hydrogens is 425 g/mol. The van der Waals surface area contributed by atoms with E-state index in [4.69, 9.17) is 0 Å². The number of fused-ring (bicyclic) bond motifs is 3. The third-order valence-corrected chi connectivity index (χ3v) is 7.29. The van der Waals surface area contributed by atoms with E-state index in [0.717, 1.165) is 11.3 Å². The van der Waals surface area contributed by atoms with Crippen molar-refractivity contribution in [2.45, 2.75) is 30.8 Å². The Kier molecular flexibility index (Phi) is 4.40. The van der Waals surface area contributed by atoms with E-state index in [0.29, 0.717) is 55.9 Å². The Morgan fingerprint density at radius 1 is 1.18 bits per heavy atom. The Labute approximate surface area is 189 Å². The van der Waals surface area contributed by atoms with Crippen LogP contribution < -0.4 is 10.2 Å². The number of piperidine rings is 1. The zero-order valence-electron chi connectivity index (χ0n) is 18.3. The van der Waals surface area contributed by atoms with E-state index in [1.807, 2.05) is 24.3 Å². The van der Waals surface area contributed by atoms with Crippen molar-refractivity contribution in [1.82, 2.24) is 24.4 Å². The number of carbonyl (C=O) groups is 2. The number of likely N-dealkylation sites (tertiary alicyclic amines) is 1. The van der Waals surface area contributed by atoms with Gasteiger partial charge >= 0.3 is 0 Å². The maximum atomic E-state index is 13.6. The summed E-state index contributed by atoms with van der Waals surface area (Å²) in [5.41, 5.74) is 2.54. The molecule has 0 aliphatic carbocycles. The Bertz CT molecular complexity index is 1280. The van der Waals surface area contributed by atoms with Crippen LogP contribution in [0.4, 0.5) is 15.9 Å². The van der Waals surface area contributed by atoms with Crippen LogP contribution in [-0.2, 0) is 17.3 Å². The monoisotopic (exact) mass is 449 g/mol. The molecule has 0 unspecified atom stereocenters. The van der Waals surface area contributed by atoms with Gasteiger partial charge in [-0.2, -0.15) is 0 Å². The lowest BCUT2D eigenvalue weighted by atomic mass is 9.73. The number of rotatable bonds is 2. The highest BCUT2D eigenvalue weighted by atomic mass is 19.1. The molecule has 2 saturated heterocycles. The van der Waals surface area contributed by atoms with E-state index in [2.05, 4.69) is 25.2 Å². The van der Waals surface area contributed by atoms with Crippen LogP contribution in [0.25, 0.3) is 11.2 Å². The first-order valence-corrected chi connectivity index (χ1v) is 11.2.